The molecule has 7 heteroatoms. The van der Waals surface area contributed by atoms with Crippen LogP contribution in [0.2, 0.25) is 0 Å². The van der Waals surface area contributed by atoms with E-state index in [1.165, 1.54) is 0 Å². The Morgan fingerprint density at radius 2 is 1.97 bits per heavy atom. The van der Waals surface area contributed by atoms with Crippen molar-refractivity contribution in [2.24, 2.45) is 5.92 Å². The van der Waals surface area contributed by atoms with Crippen LogP contribution in [-0.4, -0.2) is 50.6 Å². The molecule has 4 rings (SSSR count). The van der Waals surface area contributed by atoms with Gasteiger partial charge in [0.25, 0.3) is 0 Å². The smallest absolute Gasteiger partial charge is 0.189 e. The monoisotopic (exact) mass is 448 g/mol. The first-order valence-corrected chi connectivity index (χ1v) is 11.8. The topological polar surface area (TPSA) is 116 Å². The van der Waals surface area contributed by atoms with Gasteiger partial charge in [-0.25, -0.2) is 0 Å². The summed E-state index contributed by atoms with van der Waals surface area (Å²) >= 11 is 0. The summed E-state index contributed by atoms with van der Waals surface area (Å²) in [7, 11) is 0. The van der Waals surface area contributed by atoms with Crippen LogP contribution in [0, 0.1) is 5.92 Å². The van der Waals surface area contributed by atoms with Gasteiger partial charge in [0.15, 0.2) is 11.9 Å². The van der Waals surface area contributed by atoms with Gasteiger partial charge in [0, 0.05) is 23.3 Å². The third-order valence-electron chi connectivity index (χ3n) is 7.11. The largest absolute Gasteiger partial charge is 0.507 e. The maximum Gasteiger partial charge on any atom is 0.189 e. The number of aromatic hydroxyl groups is 1. The van der Waals surface area contributed by atoms with Gasteiger partial charge in [-0.15, -0.1) is 0 Å². The Labute approximate surface area is 189 Å². The molecule has 2 unspecified atom stereocenters. The van der Waals surface area contributed by atoms with E-state index in [4.69, 9.17) is 13.9 Å². The molecule has 1 aromatic carbocycles. The van der Waals surface area contributed by atoms with Crippen LogP contribution in [-0.2, 0) is 22.5 Å². The molecule has 7 nitrogen and oxygen atoms in total. The standard InChI is InChI=1S/C25H36O7/c1-5-7-15(19-10-20(27)25(24(29)31-19)21(6-2)32-25)18-12-30-23-16(18)9-14(8-13(3)4)22(28)17(23)11-26/h9,12-13,15,19-21,24,26-29H,5-8,10-11H2,1-4H3/t15?,19-,20-,21?,24-,25+/m1/s1. The fourth-order valence-corrected chi connectivity index (χ4v) is 5.47. The van der Waals surface area contributed by atoms with Crippen molar-refractivity contribution in [1.82, 2.24) is 0 Å². The predicted octanol–water partition coefficient (Wildman–Crippen LogP) is 3.73. The Morgan fingerprint density at radius 3 is 2.53 bits per heavy atom. The molecule has 32 heavy (non-hydrogen) atoms. The maximum absolute atomic E-state index is 10.9. The van der Waals surface area contributed by atoms with Gasteiger partial charge < -0.3 is 34.3 Å². The van der Waals surface area contributed by atoms with Gasteiger partial charge in [-0.3, -0.25) is 0 Å². The quantitative estimate of drug-likeness (QED) is 0.455. The van der Waals surface area contributed by atoms with Gasteiger partial charge in [0.1, 0.15) is 11.3 Å². The number of aliphatic hydroxyl groups excluding tert-OH is 3. The van der Waals surface area contributed by atoms with Gasteiger partial charge in [-0.05, 0) is 36.8 Å². The summed E-state index contributed by atoms with van der Waals surface area (Å²) in [5.74, 6) is 0.296. The van der Waals surface area contributed by atoms with Crippen molar-refractivity contribution in [2.75, 3.05) is 0 Å². The lowest BCUT2D eigenvalue weighted by molar-refractivity contribution is -0.236. The van der Waals surface area contributed by atoms with Crippen LogP contribution in [0.1, 0.15) is 76.0 Å². The lowest BCUT2D eigenvalue weighted by atomic mass is 9.80. The second kappa shape index (κ2) is 8.95. The van der Waals surface area contributed by atoms with Crippen LogP contribution >= 0.6 is 0 Å². The highest BCUT2D eigenvalue weighted by Gasteiger charge is 2.68. The van der Waals surface area contributed by atoms with E-state index in [2.05, 4.69) is 20.8 Å². The van der Waals surface area contributed by atoms with Crippen molar-refractivity contribution in [3.8, 4) is 5.75 Å². The van der Waals surface area contributed by atoms with E-state index in [1.54, 1.807) is 6.26 Å². The summed E-state index contributed by atoms with van der Waals surface area (Å²) in [6, 6.07) is 1.94. The number of furan rings is 1. The summed E-state index contributed by atoms with van der Waals surface area (Å²) in [4.78, 5) is 0. The van der Waals surface area contributed by atoms with Gasteiger partial charge in [-0.2, -0.15) is 0 Å². The average molecular weight is 449 g/mol. The molecule has 178 valence electrons. The number of benzene rings is 1. The molecule has 4 N–H and O–H groups in total. The zero-order valence-electron chi connectivity index (χ0n) is 19.4. The Morgan fingerprint density at radius 1 is 1.22 bits per heavy atom. The van der Waals surface area contributed by atoms with Crippen LogP contribution in [0.5, 0.6) is 5.75 Å². The van der Waals surface area contributed by atoms with E-state index in [0.717, 1.165) is 29.4 Å². The third-order valence-corrected chi connectivity index (χ3v) is 7.11. The first-order valence-electron chi connectivity index (χ1n) is 11.8. The van der Waals surface area contributed by atoms with E-state index < -0.39 is 24.1 Å². The SMILES string of the molecule is CCCC(c1coc2c(CO)c(O)c(CC(C)C)cc12)[C@H]1C[C@@H](O)[C@@]2(OC2CC)[C@H](O)O1. The molecule has 6 atom stereocenters. The van der Waals surface area contributed by atoms with Crippen molar-refractivity contribution in [2.45, 2.75) is 103 Å². The number of phenols is 1. The van der Waals surface area contributed by atoms with E-state index in [-0.39, 0.29) is 24.4 Å². The average Bonchev–Trinajstić information content (AvgIpc) is 3.36. The minimum atomic E-state index is -1.19. The Hall–Kier alpha value is -1.64. The summed E-state index contributed by atoms with van der Waals surface area (Å²) in [6.07, 6.45) is 2.46. The van der Waals surface area contributed by atoms with Crippen LogP contribution in [0.4, 0.5) is 0 Å². The molecule has 0 bridgehead atoms. The van der Waals surface area contributed by atoms with Crippen molar-refractivity contribution in [1.29, 1.82) is 0 Å². The Kier molecular flexibility index (Phi) is 6.58. The number of hydrogen-bond donors (Lipinski definition) is 4. The Bertz CT molecular complexity index is 937. The van der Waals surface area contributed by atoms with E-state index in [1.807, 2.05) is 13.0 Å². The minimum Gasteiger partial charge on any atom is -0.507 e. The molecule has 0 saturated carbocycles. The van der Waals surface area contributed by atoms with Crippen molar-refractivity contribution < 1.29 is 34.3 Å². The molecule has 0 amide bonds. The number of rotatable bonds is 8. The Balaban J connectivity index is 1.72. The van der Waals surface area contributed by atoms with Crippen molar-refractivity contribution in [3.63, 3.8) is 0 Å². The van der Waals surface area contributed by atoms with Crippen LogP contribution < -0.4 is 0 Å². The lowest BCUT2D eigenvalue weighted by Crippen LogP contribution is -2.53. The molecule has 2 aliphatic rings. The summed E-state index contributed by atoms with van der Waals surface area (Å²) in [5, 5.41) is 43.1. The molecule has 0 radical (unpaired) electrons. The van der Waals surface area contributed by atoms with Gasteiger partial charge in [-0.1, -0.05) is 34.1 Å². The first-order chi connectivity index (χ1) is 15.3. The van der Waals surface area contributed by atoms with Crippen LogP contribution in [0.25, 0.3) is 11.0 Å². The van der Waals surface area contributed by atoms with Crippen molar-refractivity contribution in [3.05, 3.63) is 29.0 Å². The number of aliphatic hydroxyl groups is 3. The molecule has 2 aliphatic heterocycles. The third kappa shape index (κ3) is 3.74. The van der Waals surface area contributed by atoms with Gasteiger partial charge in [0.05, 0.1) is 36.7 Å². The van der Waals surface area contributed by atoms with Gasteiger partial charge >= 0.3 is 0 Å². The molecule has 1 aromatic heterocycles. The fraction of sp³-hybridized carbons (Fsp3) is 0.680. The first kappa shape index (κ1) is 23.5. The normalized spacial score (nSPS) is 31.0. The summed E-state index contributed by atoms with van der Waals surface area (Å²) in [6.45, 7) is 7.88. The summed E-state index contributed by atoms with van der Waals surface area (Å²) < 4.78 is 17.6. The molecule has 1 spiro atoms. The fourth-order valence-electron chi connectivity index (χ4n) is 5.47. The number of fused-ring (bicyclic) bond motifs is 1. The van der Waals surface area contributed by atoms with Gasteiger partial charge in [0.2, 0.25) is 0 Å². The highest BCUT2D eigenvalue weighted by molar-refractivity contribution is 5.87. The van der Waals surface area contributed by atoms with Crippen LogP contribution in [0.3, 0.4) is 0 Å². The van der Waals surface area contributed by atoms with E-state index >= 15 is 0 Å². The zero-order chi connectivity index (χ0) is 23.2. The van der Waals surface area contributed by atoms with E-state index in [9.17, 15) is 20.4 Å². The van der Waals surface area contributed by atoms with Crippen molar-refractivity contribution >= 4 is 11.0 Å². The maximum atomic E-state index is 10.9. The molecular formula is C25H36O7. The highest BCUT2D eigenvalue weighted by atomic mass is 16.7. The summed E-state index contributed by atoms with van der Waals surface area (Å²) in [5.41, 5.74) is 1.53. The highest BCUT2D eigenvalue weighted by Crippen LogP contribution is 2.51. The molecule has 2 aromatic rings. The molecular weight excluding hydrogens is 412 g/mol. The minimum absolute atomic E-state index is 0.0832. The number of hydrogen-bond acceptors (Lipinski definition) is 7. The molecule has 3 heterocycles. The van der Waals surface area contributed by atoms with E-state index in [0.29, 0.717) is 36.3 Å². The zero-order valence-corrected chi connectivity index (χ0v) is 19.4. The molecule has 2 saturated heterocycles. The predicted molar refractivity (Wildman–Crippen MR) is 119 cm³/mol. The molecule has 2 fully saturated rings. The van der Waals surface area contributed by atoms with Crippen LogP contribution in [0.15, 0.2) is 16.7 Å². The number of epoxide rings is 1. The number of ether oxygens (including phenoxy) is 2. The second-order valence-corrected chi connectivity index (χ2v) is 9.73. The molecule has 0 aliphatic carbocycles. The second-order valence-electron chi connectivity index (χ2n) is 9.73. The lowest BCUT2D eigenvalue weighted by Gasteiger charge is -2.39.